The van der Waals surface area contributed by atoms with Gasteiger partial charge in [0, 0.05) is 13.1 Å². The Hall–Kier alpha value is -1.43. The number of amides is 4. The third kappa shape index (κ3) is 2.95. The monoisotopic (exact) mass is 295 g/mol. The molecule has 2 saturated heterocycles. The van der Waals surface area contributed by atoms with Gasteiger partial charge in [-0.05, 0) is 38.8 Å². The molecule has 0 aromatic carbocycles. The van der Waals surface area contributed by atoms with Crippen LogP contribution >= 0.6 is 0 Å². The second kappa shape index (κ2) is 6.56. The minimum Gasteiger partial charge on any atom is -0.302 e. The third-order valence-electron chi connectivity index (χ3n) is 4.85. The van der Waals surface area contributed by atoms with E-state index in [4.69, 9.17) is 0 Å². The third-order valence-corrected chi connectivity index (χ3v) is 4.85. The standard InChI is InChI=1S/C15H25N3O3/c1-3-15(4-2)12(19)16-14(21)18(13(15)20)11-10-17-8-6-5-7-9-17/h3-11H2,1-2H3,(H,16,19,21). The summed E-state index contributed by atoms with van der Waals surface area (Å²) in [5, 5.41) is 2.35. The van der Waals surface area contributed by atoms with E-state index in [-0.39, 0.29) is 5.91 Å². The van der Waals surface area contributed by atoms with E-state index in [9.17, 15) is 14.4 Å². The molecule has 118 valence electrons. The van der Waals surface area contributed by atoms with Gasteiger partial charge in [-0.15, -0.1) is 0 Å². The zero-order valence-corrected chi connectivity index (χ0v) is 13.0. The van der Waals surface area contributed by atoms with Gasteiger partial charge in [0.2, 0.25) is 11.8 Å². The fourth-order valence-corrected chi connectivity index (χ4v) is 3.23. The minimum absolute atomic E-state index is 0.335. The van der Waals surface area contributed by atoms with E-state index >= 15 is 0 Å². The molecule has 2 fully saturated rings. The lowest BCUT2D eigenvalue weighted by atomic mass is 9.78. The Balaban J connectivity index is 2.05. The molecule has 0 atom stereocenters. The highest BCUT2D eigenvalue weighted by Gasteiger charge is 2.51. The van der Waals surface area contributed by atoms with Crippen molar-refractivity contribution in [3.05, 3.63) is 0 Å². The highest BCUT2D eigenvalue weighted by Crippen LogP contribution is 2.32. The molecular weight excluding hydrogens is 270 g/mol. The topological polar surface area (TPSA) is 69.7 Å². The van der Waals surface area contributed by atoms with Crippen molar-refractivity contribution >= 4 is 17.8 Å². The van der Waals surface area contributed by atoms with Crippen molar-refractivity contribution in [3.8, 4) is 0 Å². The SMILES string of the molecule is CCC1(CC)C(=O)NC(=O)N(CCN2CCCCC2)C1=O. The highest BCUT2D eigenvalue weighted by atomic mass is 16.2. The molecule has 1 N–H and O–H groups in total. The number of hydrogen-bond donors (Lipinski definition) is 1. The number of likely N-dealkylation sites (tertiary alicyclic amines) is 1. The molecule has 2 aliphatic heterocycles. The molecular formula is C15H25N3O3. The molecule has 0 aromatic rings. The number of imide groups is 2. The number of hydrogen-bond acceptors (Lipinski definition) is 4. The molecule has 0 saturated carbocycles. The second-order valence-electron chi connectivity index (χ2n) is 5.91. The summed E-state index contributed by atoms with van der Waals surface area (Å²) in [6.45, 7) is 6.74. The van der Waals surface area contributed by atoms with Crippen molar-refractivity contribution < 1.29 is 14.4 Å². The molecule has 21 heavy (non-hydrogen) atoms. The smallest absolute Gasteiger partial charge is 0.302 e. The summed E-state index contributed by atoms with van der Waals surface area (Å²) in [6, 6.07) is -0.570. The fourth-order valence-electron chi connectivity index (χ4n) is 3.23. The molecule has 2 aliphatic rings. The van der Waals surface area contributed by atoms with E-state index in [1.807, 2.05) is 13.8 Å². The zero-order chi connectivity index (χ0) is 15.5. The highest BCUT2D eigenvalue weighted by molar-refractivity contribution is 6.19. The normalized spacial score (nSPS) is 23.3. The number of piperidine rings is 1. The molecule has 2 rings (SSSR count). The zero-order valence-electron chi connectivity index (χ0n) is 13.0. The summed E-state index contributed by atoms with van der Waals surface area (Å²) in [4.78, 5) is 40.2. The quantitative estimate of drug-likeness (QED) is 0.777. The summed E-state index contributed by atoms with van der Waals surface area (Å²) < 4.78 is 0. The lowest BCUT2D eigenvalue weighted by Gasteiger charge is -2.39. The van der Waals surface area contributed by atoms with Crippen LogP contribution < -0.4 is 5.32 Å². The van der Waals surface area contributed by atoms with Gasteiger partial charge in [0.05, 0.1) is 0 Å². The van der Waals surface area contributed by atoms with Crippen LogP contribution in [0.25, 0.3) is 0 Å². The number of barbiturate groups is 1. The number of urea groups is 1. The summed E-state index contributed by atoms with van der Waals surface area (Å²) in [6.07, 6.45) is 4.44. The molecule has 0 bridgehead atoms. The minimum atomic E-state index is -1.07. The van der Waals surface area contributed by atoms with Crippen LogP contribution in [-0.4, -0.2) is 53.8 Å². The maximum absolute atomic E-state index is 12.6. The Labute approximate surface area is 125 Å². The predicted molar refractivity (Wildman–Crippen MR) is 78.6 cm³/mol. The van der Waals surface area contributed by atoms with Crippen LogP contribution in [-0.2, 0) is 9.59 Å². The van der Waals surface area contributed by atoms with E-state index in [2.05, 4.69) is 10.2 Å². The fraction of sp³-hybridized carbons (Fsp3) is 0.800. The number of carbonyl (C=O) groups is 3. The van der Waals surface area contributed by atoms with Gasteiger partial charge in [0.15, 0.2) is 0 Å². The first-order chi connectivity index (χ1) is 10.0. The van der Waals surface area contributed by atoms with E-state index in [1.165, 1.54) is 24.2 Å². The Morgan fingerprint density at radius 3 is 2.19 bits per heavy atom. The second-order valence-corrected chi connectivity index (χ2v) is 5.91. The maximum atomic E-state index is 12.6. The summed E-state index contributed by atoms with van der Waals surface area (Å²) in [5.41, 5.74) is -1.07. The van der Waals surface area contributed by atoms with Crippen LogP contribution in [0.2, 0.25) is 0 Å². The lowest BCUT2D eigenvalue weighted by molar-refractivity contribution is -0.152. The van der Waals surface area contributed by atoms with Gasteiger partial charge in [-0.1, -0.05) is 20.3 Å². The first-order valence-corrected chi connectivity index (χ1v) is 7.95. The Morgan fingerprint density at radius 2 is 1.62 bits per heavy atom. The van der Waals surface area contributed by atoms with Crippen molar-refractivity contribution in [2.24, 2.45) is 5.41 Å². The van der Waals surface area contributed by atoms with Crippen molar-refractivity contribution in [2.75, 3.05) is 26.2 Å². The van der Waals surface area contributed by atoms with Gasteiger partial charge >= 0.3 is 6.03 Å². The number of nitrogens with one attached hydrogen (secondary N) is 1. The number of nitrogens with zero attached hydrogens (tertiary/aromatic N) is 2. The average Bonchev–Trinajstić information content (AvgIpc) is 2.49. The van der Waals surface area contributed by atoms with Crippen LogP contribution in [0.3, 0.4) is 0 Å². The summed E-state index contributed by atoms with van der Waals surface area (Å²) >= 11 is 0. The van der Waals surface area contributed by atoms with Crippen molar-refractivity contribution in [1.29, 1.82) is 0 Å². The van der Waals surface area contributed by atoms with E-state index in [1.54, 1.807) is 0 Å². The van der Waals surface area contributed by atoms with E-state index in [0.717, 1.165) is 13.1 Å². The molecule has 0 aromatic heterocycles. The first kappa shape index (κ1) is 15.9. The molecule has 0 radical (unpaired) electrons. The van der Waals surface area contributed by atoms with Crippen LogP contribution in [0.15, 0.2) is 0 Å². The molecule has 6 heteroatoms. The van der Waals surface area contributed by atoms with Crippen molar-refractivity contribution in [2.45, 2.75) is 46.0 Å². The average molecular weight is 295 g/mol. The Kier molecular flexibility index (Phi) is 4.98. The van der Waals surface area contributed by atoms with Crippen molar-refractivity contribution in [1.82, 2.24) is 15.1 Å². The van der Waals surface area contributed by atoms with Gasteiger partial charge < -0.3 is 4.90 Å². The maximum Gasteiger partial charge on any atom is 0.330 e. The predicted octanol–water partition coefficient (Wildman–Crippen LogP) is 1.36. The van der Waals surface area contributed by atoms with Crippen LogP contribution in [0.5, 0.6) is 0 Å². The molecule has 2 heterocycles. The van der Waals surface area contributed by atoms with Gasteiger partial charge in [-0.2, -0.15) is 0 Å². The van der Waals surface area contributed by atoms with Crippen LogP contribution in [0, 0.1) is 5.41 Å². The van der Waals surface area contributed by atoms with Gasteiger partial charge in [0.25, 0.3) is 0 Å². The van der Waals surface area contributed by atoms with Gasteiger partial charge in [-0.25, -0.2) is 4.79 Å². The largest absolute Gasteiger partial charge is 0.330 e. The van der Waals surface area contributed by atoms with Crippen LogP contribution in [0.4, 0.5) is 4.79 Å². The number of rotatable bonds is 5. The van der Waals surface area contributed by atoms with E-state index < -0.39 is 17.4 Å². The molecule has 0 spiro atoms. The van der Waals surface area contributed by atoms with Gasteiger partial charge in [-0.3, -0.25) is 19.8 Å². The molecule has 6 nitrogen and oxygen atoms in total. The summed E-state index contributed by atoms with van der Waals surface area (Å²) in [5.74, 6) is -0.782. The van der Waals surface area contributed by atoms with E-state index in [0.29, 0.717) is 25.9 Å². The molecule has 4 amide bonds. The van der Waals surface area contributed by atoms with Gasteiger partial charge in [0.1, 0.15) is 5.41 Å². The molecule has 0 unspecified atom stereocenters. The Bertz CT molecular complexity index is 426. The summed E-state index contributed by atoms with van der Waals surface area (Å²) in [7, 11) is 0. The Morgan fingerprint density at radius 1 is 1.00 bits per heavy atom. The lowest BCUT2D eigenvalue weighted by Crippen LogP contribution is -2.64. The number of carbonyl (C=O) groups excluding carboxylic acids is 3. The molecule has 0 aliphatic carbocycles. The first-order valence-electron chi connectivity index (χ1n) is 7.95. The van der Waals surface area contributed by atoms with Crippen LogP contribution in [0.1, 0.15) is 46.0 Å². The van der Waals surface area contributed by atoms with Crippen molar-refractivity contribution in [3.63, 3.8) is 0 Å².